The maximum Gasteiger partial charge on any atom is 0.254 e. The van der Waals surface area contributed by atoms with E-state index in [1.54, 1.807) is 17.0 Å². The first-order chi connectivity index (χ1) is 12.1. The van der Waals surface area contributed by atoms with Gasteiger partial charge in [0.25, 0.3) is 5.91 Å². The van der Waals surface area contributed by atoms with E-state index in [0.29, 0.717) is 23.7 Å². The molecule has 0 spiro atoms. The molecule has 0 bridgehead atoms. The van der Waals surface area contributed by atoms with Crippen molar-refractivity contribution in [3.63, 3.8) is 0 Å². The van der Waals surface area contributed by atoms with Crippen LogP contribution in [0, 0.1) is 5.82 Å². The summed E-state index contributed by atoms with van der Waals surface area (Å²) in [5, 5.41) is 0.610. The molecule has 0 saturated heterocycles. The molecule has 0 saturated carbocycles. The van der Waals surface area contributed by atoms with Crippen LogP contribution in [0.2, 0.25) is 5.02 Å². The number of rotatable bonds is 2. The molecular weight excluding hydrogens is 339 g/mol. The second kappa shape index (κ2) is 6.37. The van der Waals surface area contributed by atoms with Gasteiger partial charge in [-0.05, 0) is 42.0 Å². The molecule has 1 aliphatic heterocycles. The van der Waals surface area contributed by atoms with E-state index in [1.807, 2.05) is 42.6 Å². The zero-order valence-corrected chi connectivity index (χ0v) is 14.2. The highest BCUT2D eigenvalue weighted by atomic mass is 35.5. The summed E-state index contributed by atoms with van der Waals surface area (Å²) >= 11 is 6.43. The third-order valence-corrected chi connectivity index (χ3v) is 4.91. The van der Waals surface area contributed by atoms with Gasteiger partial charge in [0.05, 0.1) is 6.04 Å². The maximum atomic E-state index is 13.6. The summed E-state index contributed by atoms with van der Waals surface area (Å²) in [6.45, 7) is 1.23. The van der Waals surface area contributed by atoms with Gasteiger partial charge >= 0.3 is 0 Å². The van der Waals surface area contributed by atoms with Gasteiger partial charge < -0.3 is 9.47 Å². The number of amides is 1. The zero-order chi connectivity index (χ0) is 17.4. The summed E-state index contributed by atoms with van der Waals surface area (Å²) in [5.74, 6) is -0.614. The van der Waals surface area contributed by atoms with E-state index in [1.165, 1.54) is 12.1 Å². The Hall–Kier alpha value is -2.59. The number of hydrogen-bond donors (Lipinski definition) is 0. The number of halogens is 2. The molecule has 126 valence electrons. The van der Waals surface area contributed by atoms with Gasteiger partial charge in [-0.15, -0.1) is 0 Å². The minimum Gasteiger partial charge on any atom is -0.348 e. The second-order valence-corrected chi connectivity index (χ2v) is 6.47. The standard InChI is InChI=1S/C20H16ClFN2O/c21-17-8-2-1-7-16(17)19-18-9-4-10-23(18)11-12-24(19)20(25)14-5-3-6-15(22)13-14/h1-10,13,19H,11-12H2. The van der Waals surface area contributed by atoms with Crippen LogP contribution in [0.3, 0.4) is 0 Å². The predicted molar refractivity (Wildman–Crippen MR) is 95.2 cm³/mol. The molecule has 2 aromatic carbocycles. The van der Waals surface area contributed by atoms with Crippen LogP contribution < -0.4 is 0 Å². The van der Waals surface area contributed by atoms with Gasteiger partial charge in [-0.2, -0.15) is 0 Å². The van der Waals surface area contributed by atoms with Crippen LogP contribution >= 0.6 is 11.6 Å². The van der Waals surface area contributed by atoms with Crippen LogP contribution in [-0.4, -0.2) is 21.9 Å². The first-order valence-corrected chi connectivity index (χ1v) is 8.49. The molecule has 0 N–H and O–H groups in total. The van der Waals surface area contributed by atoms with Crippen molar-refractivity contribution in [3.05, 3.63) is 94.5 Å². The fourth-order valence-electron chi connectivity index (χ4n) is 3.41. The summed E-state index contributed by atoms with van der Waals surface area (Å²) < 4.78 is 15.7. The number of fused-ring (bicyclic) bond motifs is 1. The van der Waals surface area contributed by atoms with Crippen molar-refractivity contribution in [1.82, 2.24) is 9.47 Å². The first kappa shape index (κ1) is 15.9. The van der Waals surface area contributed by atoms with Crippen molar-refractivity contribution in [1.29, 1.82) is 0 Å². The molecule has 1 unspecified atom stereocenters. The number of aromatic nitrogens is 1. The van der Waals surface area contributed by atoms with Gasteiger partial charge in [-0.3, -0.25) is 4.79 Å². The first-order valence-electron chi connectivity index (χ1n) is 8.11. The average molecular weight is 355 g/mol. The number of carbonyl (C=O) groups is 1. The molecule has 4 rings (SSSR count). The minimum absolute atomic E-state index is 0.197. The molecule has 1 aromatic heterocycles. The summed E-state index contributed by atoms with van der Waals surface area (Å²) in [4.78, 5) is 14.9. The molecule has 1 atom stereocenters. The van der Waals surface area contributed by atoms with Crippen molar-refractivity contribution in [2.75, 3.05) is 6.54 Å². The van der Waals surface area contributed by atoms with Crippen molar-refractivity contribution >= 4 is 17.5 Å². The summed E-state index contributed by atoms with van der Waals surface area (Å²) in [7, 11) is 0. The Labute approximate surface area is 150 Å². The van der Waals surface area contributed by atoms with E-state index in [9.17, 15) is 9.18 Å². The molecule has 0 radical (unpaired) electrons. The lowest BCUT2D eigenvalue weighted by Crippen LogP contribution is -2.42. The third kappa shape index (κ3) is 2.83. The fourth-order valence-corrected chi connectivity index (χ4v) is 3.65. The van der Waals surface area contributed by atoms with Crippen LogP contribution in [0.1, 0.15) is 27.7 Å². The minimum atomic E-state index is -0.416. The van der Waals surface area contributed by atoms with Gasteiger partial charge in [0, 0.05) is 35.6 Å². The summed E-state index contributed by atoms with van der Waals surface area (Å²) in [5.41, 5.74) is 2.22. The van der Waals surface area contributed by atoms with E-state index in [4.69, 9.17) is 11.6 Å². The Morgan fingerprint density at radius 2 is 1.88 bits per heavy atom. The van der Waals surface area contributed by atoms with Crippen molar-refractivity contribution in [3.8, 4) is 0 Å². The average Bonchev–Trinajstić information content (AvgIpc) is 3.10. The van der Waals surface area contributed by atoms with Crippen LogP contribution in [0.5, 0.6) is 0 Å². The highest BCUT2D eigenvalue weighted by Crippen LogP contribution is 2.36. The fraction of sp³-hybridized carbons (Fsp3) is 0.150. The molecule has 1 aliphatic rings. The smallest absolute Gasteiger partial charge is 0.254 e. The van der Waals surface area contributed by atoms with Crippen LogP contribution in [0.25, 0.3) is 0 Å². The number of hydrogen-bond acceptors (Lipinski definition) is 1. The van der Waals surface area contributed by atoms with Gasteiger partial charge in [-0.25, -0.2) is 4.39 Å². The molecular formula is C20H16ClFN2O. The molecule has 5 heteroatoms. The van der Waals surface area contributed by atoms with Crippen molar-refractivity contribution in [2.45, 2.75) is 12.6 Å². The van der Waals surface area contributed by atoms with E-state index in [-0.39, 0.29) is 11.9 Å². The monoisotopic (exact) mass is 354 g/mol. The zero-order valence-electron chi connectivity index (χ0n) is 13.4. The van der Waals surface area contributed by atoms with Gasteiger partial charge in [-0.1, -0.05) is 35.9 Å². The van der Waals surface area contributed by atoms with Crippen LogP contribution in [-0.2, 0) is 6.54 Å². The van der Waals surface area contributed by atoms with Gasteiger partial charge in [0.2, 0.25) is 0 Å². The Bertz CT molecular complexity index is 937. The highest BCUT2D eigenvalue weighted by molar-refractivity contribution is 6.31. The Kier molecular flexibility index (Phi) is 4.06. The van der Waals surface area contributed by atoms with E-state index in [0.717, 1.165) is 11.3 Å². The van der Waals surface area contributed by atoms with E-state index < -0.39 is 5.82 Å². The van der Waals surface area contributed by atoms with Crippen LogP contribution in [0.4, 0.5) is 4.39 Å². The Morgan fingerprint density at radius 1 is 1.04 bits per heavy atom. The van der Waals surface area contributed by atoms with E-state index in [2.05, 4.69) is 4.57 Å². The predicted octanol–water partition coefficient (Wildman–Crippen LogP) is 4.53. The topological polar surface area (TPSA) is 25.2 Å². The quantitative estimate of drug-likeness (QED) is 0.664. The van der Waals surface area contributed by atoms with Crippen molar-refractivity contribution < 1.29 is 9.18 Å². The lowest BCUT2D eigenvalue weighted by Gasteiger charge is -2.37. The second-order valence-electron chi connectivity index (χ2n) is 6.06. The molecule has 0 aliphatic carbocycles. The van der Waals surface area contributed by atoms with Crippen molar-refractivity contribution in [2.24, 2.45) is 0 Å². The van der Waals surface area contributed by atoms with Gasteiger partial charge in [0.15, 0.2) is 0 Å². The largest absolute Gasteiger partial charge is 0.348 e. The summed E-state index contributed by atoms with van der Waals surface area (Å²) in [6, 6.07) is 17.0. The number of benzene rings is 2. The number of nitrogens with zero attached hydrogens (tertiary/aromatic N) is 2. The van der Waals surface area contributed by atoms with E-state index >= 15 is 0 Å². The molecule has 2 heterocycles. The number of carbonyl (C=O) groups excluding carboxylic acids is 1. The maximum absolute atomic E-state index is 13.6. The normalized spacial score (nSPS) is 16.6. The third-order valence-electron chi connectivity index (χ3n) is 4.57. The lowest BCUT2D eigenvalue weighted by molar-refractivity contribution is 0.0663. The molecule has 3 nitrogen and oxygen atoms in total. The molecule has 1 amide bonds. The SMILES string of the molecule is O=C(c1cccc(F)c1)N1CCn2cccc2C1c1ccccc1Cl. The molecule has 0 fully saturated rings. The lowest BCUT2D eigenvalue weighted by atomic mass is 9.98. The van der Waals surface area contributed by atoms with Crippen LogP contribution in [0.15, 0.2) is 66.9 Å². The van der Waals surface area contributed by atoms with Gasteiger partial charge in [0.1, 0.15) is 5.82 Å². The molecule has 3 aromatic rings. The highest BCUT2D eigenvalue weighted by Gasteiger charge is 2.33. The Morgan fingerprint density at radius 3 is 2.68 bits per heavy atom. The molecule has 25 heavy (non-hydrogen) atoms. The Balaban J connectivity index is 1.81. The summed E-state index contributed by atoms with van der Waals surface area (Å²) in [6.07, 6.45) is 2.00.